The first kappa shape index (κ1) is 15.9. The molecule has 1 heterocycles. The fraction of sp³-hybridized carbons (Fsp3) is 0.167. The summed E-state index contributed by atoms with van der Waals surface area (Å²) in [6, 6.07) is 7.42. The van der Waals surface area contributed by atoms with Crippen molar-refractivity contribution in [1.29, 1.82) is 0 Å². The molecule has 3 nitrogen and oxygen atoms in total. The maximum atomic E-state index is 13.7. The third kappa shape index (κ3) is 3.23. The molecule has 0 aliphatic carbocycles. The molecule has 2 aromatic rings. The van der Waals surface area contributed by atoms with E-state index in [1.54, 1.807) is 6.07 Å². The Labute approximate surface area is 134 Å². The molecule has 0 aliphatic rings. The minimum absolute atomic E-state index is 0.122. The quantitative estimate of drug-likeness (QED) is 0.777. The number of sulfonamides is 1. The summed E-state index contributed by atoms with van der Waals surface area (Å²) in [5, 5.41) is 0.208. The topological polar surface area (TPSA) is 37.4 Å². The zero-order valence-electron chi connectivity index (χ0n) is 10.3. The Bertz CT molecular complexity index is 713. The first-order valence-electron chi connectivity index (χ1n) is 5.47. The molecule has 8 heteroatoms. The summed E-state index contributed by atoms with van der Waals surface area (Å²) < 4.78 is 40.3. The van der Waals surface area contributed by atoms with Crippen molar-refractivity contribution in [1.82, 2.24) is 4.31 Å². The van der Waals surface area contributed by atoms with Crippen LogP contribution >= 0.6 is 38.9 Å². The molecule has 0 unspecified atom stereocenters. The summed E-state index contributed by atoms with van der Waals surface area (Å²) >= 11 is 10.2. The van der Waals surface area contributed by atoms with E-state index in [1.807, 2.05) is 0 Å². The van der Waals surface area contributed by atoms with E-state index < -0.39 is 15.8 Å². The van der Waals surface area contributed by atoms with Gasteiger partial charge in [0, 0.05) is 24.2 Å². The van der Waals surface area contributed by atoms with Gasteiger partial charge in [0.05, 0.1) is 3.79 Å². The fourth-order valence-corrected chi connectivity index (χ4v) is 5.16. The highest BCUT2D eigenvalue weighted by molar-refractivity contribution is 9.11. The zero-order valence-corrected chi connectivity index (χ0v) is 14.3. The molecule has 1 aromatic carbocycles. The molecule has 20 heavy (non-hydrogen) atoms. The number of rotatable bonds is 4. The molecule has 0 saturated carbocycles. The van der Waals surface area contributed by atoms with Crippen LogP contribution in [0.1, 0.15) is 5.56 Å². The van der Waals surface area contributed by atoms with E-state index in [9.17, 15) is 12.8 Å². The van der Waals surface area contributed by atoms with Crippen LogP contribution in [0.2, 0.25) is 5.02 Å². The Kier molecular flexibility index (Phi) is 4.86. The summed E-state index contributed by atoms with van der Waals surface area (Å²) in [5.41, 5.74) is 0.163. The van der Waals surface area contributed by atoms with Crippen LogP contribution in [0.3, 0.4) is 0 Å². The monoisotopic (exact) mass is 397 g/mol. The van der Waals surface area contributed by atoms with Crippen LogP contribution in [-0.2, 0) is 16.6 Å². The highest BCUT2D eigenvalue weighted by Gasteiger charge is 2.24. The van der Waals surface area contributed by atoms with Crippen LogP contribution in [0.25, 0.3) is 0 Å². The lowest BCUT2D eigenvalue weighted by molar-refractivity contribution is 0.458. The first-order chi connectivity index (χ1) is 9.32. The van der Waals surface area contributed by atoms with Gasteiger partial charge in [0.25, 0.3) is 10.0 Å². The van der Waals surface area contributed by atoms with Crippen LogP contribution in [0.15, 0.2) is 38.3 Å². The molecule has 0 saturated heterocycles. The van der Waals surface area contributed by atoms with Crippen LogP contribution in [0, 0.1) is 5.82 Å². The number of hydrogen-bond acceptors (Lipinski definition) is 3. The largest absolute Gasteiger partial charge is 0.252 e. The van der Waals surface area contributed by atoms with Gasteiger partial charge >= 0.3 is 0 Å². The minimum atomic E-state index is -3.65. The van der Waals surface area contributed by atoms with Gasteiger partial charge in [0.2, 0.25) is 0 Å². The molecular formula is C12H10BrClFNO2S2. The third-order valence-corrected chi connectivity index (χ3v) is 6.90. The highest BCUT2D eigenvalue weighted by atomic mass is 79.9. The molecule has 0 radical (unpaired) electrons. The van der Waals surface area contributed by atoms with E-state index in [0.29, 0.717) is 3.79 Å². The molecule has 0 fully saturated rings. The lowest BCUT2D eigenvalue weighted by Crippen LogP contribution is -2.26. The summed E-state index contributed by atoms with van der Waals surface area (Å²) in [7, 11) is -2.26. The van der Waals surface area contributed by atoms with Crippen LogP contribution < -0.4 is 0 Å². The molecule has 0 spiro atoms. The first-order valence-corrected chi connectivity index (χ1v) is 8.89. The average Bonchev–Trinajstić information content (AvgIpc) is 2.81. The Morgan fingerprint density at radius 3 is 2.60 bits per heavy atom. The Morgan fingerprint density at radius 2 is 2.05 bits per heavy atom. The van der Waals surface area contributed by atoms with Gasteiger partial charge in [-0.1, -0.05) is 17.7 Å². The van der Waals surface area contributed by atoms with Crippen LogP contribution in [-0.4, -0.2) is 19.8 Å². The van der Waals surface area contributed by atoms with E-state index in [-0.39, 0.29) is 21.3 Å². The predicted octanol–water partition coefficient (Wildman–Crippen LogP) is 4.12. The van der Waals surface area contributed by atoms with Gasteiger partial charge < -0.3 is 0 Å². The van der Waals surface area contributed by atoms with Crippen molar-refractivity contribution in [2.24, 2.45) is 0 Å². The second-order valence-electron chi connectivity index (χ2n) is 4.02. The van der Waals surface area contributed by atoms with Gasteiger partial charge in [-0.05, 0) is 40.2 Å². The number of nitrogens with zero attached hydrogens (tertiary/aromatic N) is 1. The van der Waals surface area contributed by atoms with Crippen molar-refractivity contribution in [3.05, 3.63) is 50.5 Å². The molecule has 2 rings (SSSR count). The van der Waals surface area contributed by atoms with Crippen molar-refractivity contribution in [3.8, 4) is 0 Å². The average molecular weight is 399 g/mol. The lowest BCUT2D eigenvalue weighted by atomic mass is 10.2. The summed E-state index contributed by atoms with van der Waals surface area (Å²) in [5.74, 6) is -0.521. The zero-order chi connectivity index (χ0) is 14.9. The van der Waals surface area contributed by atoms with Crippen molar-refractivity contribution in [2.45, 2.75) is 10.8 Å². The molecular weight excluding hydrogens is 389 g/mol. The highest BCUT2D eigenvalue weighted by Crippen LogP contribution is 2.29. The van der Waals surface area contributed by atoms with Gasteiger partial charge in [-0.15, -0.1) is 11.3 Å². The van der Waals surface area contributed by atoms with Crippen molar-refractivity contribution >= 4 is 48.9 Å². The number of halogens is 3. The van der Waals surface area contributed by atoms with E-state index in [1.165, 1.54) is 31.3 Å². The maximum Gasteiger partial charge on any atom is 0.252 e. The minimum Gasteiger partial charge on any atom is -0.207 e. The van der Waals surface area contributed by atoms with E-state index in [2.05, 4.69) is 15.9 Å². The maximum absolute atomic E-state index is 13.7. The molecule has 0 aliphatic heterocycles. The summed E-state index contributed by atoms with van der Waals surface area (Å²) in [4.78, 5) is 0. The number of benzene rings is 1. The fourth-order valence-electron chi connectivity index (χ4n) is 1.58. The number of hydrogen-bond donors (Lipinski definition) is 0. The smallest absolute Gasteiger partial charge is 0.207 e. The molecule has 108 valence electrons. The predicted molar refractivity (Wildman–Crippen MR) is 82.1 cm³/mol. The Balaban J connectivity index is 2.30. The molecule has 0 N–H and O–H groups in total. The van der Waals surface area contributed by atoms with Gasteiger partial charge in [-0.25, -0.2) is 12.8 Å². The van der Waals surface area contributed by atoms with E-state index in [0.717, 1.165) is 15.6 Å². The van der Waals surface area contributed by atoms with E-state index in [4.69, 9.17) is 11.6 Å². The van der Waals surface area contributed by atoms with Crippen molar-refractivity contribution < 1.29 is 12.8 Å². The summed E-state index contributed by atoms with van der Waals surface area (Å²) in [6.45, 7) is -0.122. The van der Waals surface area contributed by atoms with Crippen LogP contribution in [0.5, 0.6) is 0 Å². The van der Waals surface area contributed by atoms with Crippen molar-refractivity contribution in [2.75, 3.05) is 7.05 Å². The second kappa shape index (κ2) is 6.11. The van der Waals surface area contributed by atoms with Gasteiger partial charge in [-0.2, -0.15) is 4.31 Å². The van der Waals surface area contributed by atoms with Gasteiger partial charge in [0.1, 0.15) is 10.0 Å². The lowest BCUT2D eigenvalue weighted by Gasteiger charge is -2.17. The molecule has 0 bridgehead atoms. The Morgan fingerprint density at radius 1 is 1.35 bits per heavy atom. The Hall–Kier alpha value is -0.470. The number of thiophene rings is 1. The second-order valence-corrected chi connectivity index (χ2v) is 9.16. The van der Waals surface area contributed by atoms with Gasteiger partial charge in [-0.3, -0.25) is 0 Å². The van der Waals surface area contributed by atoms with Crippen molar-refractivity contribution in [3.63, 3.8) is 0 Å². The molecule has 0 amide bonds. The van der Waals surface area contributed by atoms with E-state index >= 15 is 0 Å². The summed E-state index contributed by atoms with van der Waals surface area (Å²) in [6.07, 6.45) is 0. The normalized spacial score (nSPS) is 12.1. The van der Waals surface area contributed by atoms with Gasteiger partial charge in [0.15, 0.2) is 0 Å². The van der Waals surface area contributed by atoms with Crippen LogP contribution in [0.4, 0.5) is 4.39 Å². The standard InChI is InChI=1S/C12H10BrClFNO2S2/c1-16(7-8-9(14)3-2-4-10(8)15)20(17,18)12-6-5-11(13)19-12/h2-6H,7H2,1H3. The molecule has 1 aromatic heterocycles. The molecule has 0 atom stereocenters. The third-order valence-electron chi connectivity index (χ3n) is 2.66. The SMILES string of the molecule is CN(Cc1c(F)cccc1Cl)S(=O)(=O)c1ccc(Br)s1.